The number of ether oxygens (including phenoxy) is 1. The van der Waals surface area contributed by atoms with Crippen LogP contribution in [0.25, 0.3) is 10.8 Å². The van der Waals surface area contributed by atoms with Gasteiger partial charge in [0, 0.05) is 30.3 Å². The molecule has 1 fully saturated rings. The van der Waals surface area contributed by atoms with Crippen molar-refractivity contribution < 1.29 is 14.3 Å². The Morgan fingerprint density at radius 3 is 2.23 bits per heavy atom. The number of fused-ring (bicyclic) bond motifs is 2. The lowest BCUT2D eigenvalue weighted by Crippen LogP contribution is -2.39. The topological polar surface area (TPSA) is 46.6 Å². The molecule has 22 heavy (non-hydrogen) atoms. The SMILES string of the molecule is O=C1C=C(N2CCOCC2)C(=O)c2cc3ccccc3cc21. The summed E-state index contributed by atoms with van der Waals surface area (Å²) in [6, 6.07) is 11.4. The van der Waals surface area contributed by atoms with Crippen molar-refractivity contribution in [1.82, 2.24) is 4.90 Å². The van der Waals surface area contributed by atoms with Crippen molar-refractivity contribution in [3.8, 4) is 0 Å². The maximum Gasteiger partial charge on any atom is 0.209 e. The van der Waals surface area contributed by atoms with E-state index in [1.165, 1.54) is 6.08 Å². The molecule has 4 rings (SSSR count). The Bertz CT molecular complexity index is 816. The van der Waals surface area contributed by atoms with E-state index in [2.05, 4.69) is 0 Å². The average Bonchev–Trinajstić information content (AvgIpc) is 2.57. The molecule has 4 nitrogen and oxygen atoms in total. The molecule has 0 radical (unpaired) electrons. The first-order chi connectivity index (χ1) is 10.7. The number of carbonyl (C=O) groups is 2. The van der Waals surface area contributed by atoms with Gasteiger partial charge in [-0.2, -0.15) is 0 Å². The average molecular weight is 293 g/mol. The zero-order chi connectivity index (χ0) is 15.1. The molecule has 0 bridgehead atoms. The number of carbonyl (C=O) groups excluding carboxylic acids is 2. The third-order valence-electron chi connectivity index (χ3n) is 4.25. The molecule has 2 aliphatic rings. The predicted molar refractivity (Wildman–Crippen MR) is 83.1 cm³/mol. The molecule has 1 saturated heterocycles. The molecular weight excluding hydrogens is 278 g/mol. The first-order valence-corrected chi connectivity index (χ1v) is 7.40. The standard InChI is InChI=1S/C18H15NO3/c20-17-11-16(19-5-7-22-8-6-19)18(21)15-10-13-4-2-1-3-12(13)9-14(15)17/h1-4,9-11H,5-8H2. The van der Waals surface area contributed by atoms with Crippen molar-refractivity contribution in [3.63, 3.8) is 0 Å². The van der Waals surface area contributed by atoms with E-state index in [1.807, 2.05) is 41.3 Å². The summed E-state index contributed by atoms with van der Waals surface area (Å²) in [6.07, 6.45) is 1.48. The van der Waals surface area contributed by atoms with E-state index in [0.29, 0.717) is 43.1 Å². The van der Waals surface area contributed by atoms with Crippen LogP contribution in [0.5, 0.6) is 0 Å². The summed E-state index contributed by atoms with van der Waals surface area (Å²) in [4.78, 5) is 27.2. The van der Waals surface area contributed by atoms with Gasteiger partial charge in [-0.1, -0.05) is 24.3 Å². The Morgan fingerprint density at radius 1 is 0.909 bits per heavy atom. The van der Waals surface area contributed by atoms with E-state index in [-0.39, 0.29) is 11.6 Å². The zero-order valence-electron chi connectivity index (χ0n) is 12.0. The van der Waals surface area contributed by atoms with Crippen LogP contribution in [-0.4, -0.2) is 42.8 Å². The smallest absolute Gasteiger partial charge is 0.209 e. The lowest BCUT2D eigenvalue weighted by molar-refractivity contribution is 0.0501. The van der Waals surface area contributed by atoms with E-state index in [9.17, 15) is 9.59 Å². The Balaban J connectivity index is 1.82. The molecule has 2 aromatic rings. The van der Waals surface area contributed by atoms with E-state index in [4.69, 9.17) is 4.74 Å². The molecule has 1 heterocycles. The van der Waals surface area contributed by atoms with Crippen molar-refractivity contribution in [3.05, 3.63) is 59.3 Å². The number of ketones is 2. The summed E-state index contributed by atoms with van der Waals surface area (Å²) in [5.74, 6) is -0.163. The van der Waals surface area contributed by atoms with Crippen LogP contribution in [0.2, 0.25) is 0 Å². The number of nitrogens with zero attached hydrogens (tertiary/aromatic N) is 1. The molecule has 0 amide bonds. The van der Waals surface area contributed by atoms with Gasteiger partial charge >= 0.3 is 0 Å². The van der Waals surface area contributed by atoms with Gasteiger partial charge < -0.3 is 9.64 Å². The molecule has 1 aliphatic heterocycles. The highest BCUT2D eigenvalue weighted by molar-refractivity contribution is 6.25. The third-order valence-corrected chi connectivity index (χ3v) is 4.25. The molecule has 0 saturated carbocycles. The molecule has 110 valence electrons. The minimum atomic E-state index is -0.0955. The van der Waals surface area contributed by atoms with Crippen LogP contribution >= 0.6 is 0 Å². The Kier molecular flexibility index (Phi) is 3.05. The van der Waals surface area contributed by atoms with E-state index < -0.39 is 0 Å². The van der Waals surface area contributed by atoms with Crippen LogP contribution in [0, 0.1) is 0 Å². The van der Waals surface area contributed by atoms with Crippen LogP contribution in [0.4, 0.5) is 0 Å². The van der Waals surface area contributed by atoms with Gasteiger partial charge in [0.25, 0.3) is 0 Å². The molecule has 0 unspecified atom stereocenters. The molecule has 0 spiro atoms. The fourth-order valence-electron chi connectivity index (χ4n) is 3.08. The van der Waals surface area contributed by atoms with Crippen molar-refractivity contribution in [2.75, 3.05) is 26.3 Å². The predicted octanol–water partition coefficient (Wildman–Crippen LogP) is 2.43. The Labute approximate surface area is 128 Å². The highest BCUT2D eigenvalue weighted by Gasteiger charge is 2.30. The van der Waals surface area contributed by atoms with Crippen LogP contribution in [0.1, 0.15) is 20.7 Å². The number of rotatable bonds is 1. The van der Waals surface area contributed by atoms with Crippen molar-refractivity contribution in [1.29, 1.82) is 0 Å². The van der Waals surface area contributed by atoms with E-state index >= 15 is 0 Å². The number of Topliss-reactive ketones (excluding diaryl/α,β-unsaturated/α-hetero) is 1. The van der Waals surface area contributed by atoms with Gasteiger partial charge in [-0.05, 0) is 22.9 Å². The lowest BCUT2D eigenvalue weighted by atomic mass is 9.89. The highest BCUT2D eigenvalue weighted by atomic mass is 16.5. The van der Waals surface area contributed by atoms with Crippen LogP contribution in [0.15, 0.2) is 48.2 Å². The summed E-state index contributed by atoms with van der Waals surface area (Å²) in [7, 11) is 0. The number of benzene rings is 2. The maximum atomic E-state index is 12.8. The molecular formula is C18H15NO3. The summed E-state index contributed by atoms with van der Waals surface area (Å²) >= 11 is 0. The third kappa shape index (κ3) is 2.04. The second-order valence-corrected chi connectivity index (χ2v) is 5.57. The number of hydrogen-bond donors (Lipinski definition) is 0. The molecule has 0 N–H and O–H groups in total. The van der Waals surface area contributed by atoms with Gasteiger partial charge in [0.15, 0.2) is 5.78 Å². The second-order valence-electron chi connectivity index (χ2n) is 5.57. The normalized spacial score (nSPS) is 18.4. The Hall–Kier alpha value is -2.46. The van der Waals surface area contributed by atoms with E-state index in [1.54, 1.807) is 0 Å². The summed E-state index contributed by atoms with van der Waals surface area (Å²) in [6.45, 7) is 2.47. The summed E-state index contributed by atoms with van der Waals surface area (Å²) < 4.78 is 5.31. The first kappa shape index (κ1) is 13.2. The number of hydrogen-bond acceptors (Lipinski definition) is 4. The number of morpholine rings is 1. The first-order valence-electron chi connectivity index (χ1n) is 7.40. The molecule has 1 aliphatic carbocycles. The zero-order valence-corrected chi connectivity index (χ0v) is 12.0. The molecule has 0 atom stereocenters. The molecule has 4 heteroatoms. The minimum absolute atomic E-state index is 0.0674. The fraction of sp³-hybridized carbons (Fsp3) is 0.222. The summed E-state index contributed by atoms with van der Waals surface area (Å²) in [5, 5.41) is 1.95. The molecule has 2 aromatic carbocycles. The van der Waals surface area contributed by atoms with Gasteiger partial charge in [0.1, 0.15) is 0 Å². The minimum Gasteiger partial charge on any atom is -0.378 e. The van der Waals surface area contributed by atoms with Crippen molar-refractivity contribution >= 4 is 22.3 Å². The van der Waals surface area contributed by atoms with Crippen molar-refractivity contribution in [2.24, 2.45) is 0 Å². The second kappa shape index (κ2) is 5.07. The van der Waals surface area contributed by atoms with Crippen LogP contribution in [-0.2, 0) is 4.74 Å². The van der Waals surface area contributed by atoms with Crippen LogP contribution in [0.3, 0.4) is 0 Å². The summed E-state index contributed by atoms with van der Waals surface area (Å²) in [5.41, 5.74) is 1.50. The van der Waals surface area contributed by atoms with Gasteiger partial charge in [-0.25, -0.2) is 0 Å². The maximum absolute atomic E-state index is 12.8. The molecule has 0 aromatic heterocycles. The van der Waals surface area contributed by atoms with Crippen LogP contribution < -0.4 is 0 Å². The van der Waals surface area contributed by atoms with Gasteiger partial charge in [-0.3, -0.25) is 9.59 Å². The largest absolute Gasteiger partial charge is 0.378 e. The number of allylic oxidation sites excluding steroid dienone is 2. The highest BCUT2D eigenvalue weighted by Crippen LogP contribution is 2.28. The quantitative estimate of drug-likeness (QED) is 0.810. The van der Waals surface area contributed by atoms with E-state index in [0.717, 1.165) is 10.8 Å². The van der Waals surface area contributed by atoms with Gasteiger partial charge in [0.2, 0.25) is 5.78 Å². The van der Waals surface area contributed by atoms with Gasteiger partial charge in [0.05, 0.1) is 18.9 Å². The fourth-order valence-corrected chi connectivity index (χ4v) is 3.08. The van der Waals surface area contributed by atoms with Gasteiger partial charge in [-0.15, -0.1) is 0 Å². The van der Waals surface area contributed by atoms with Crippen molar-refractivity contribution in [2.45, 2.75) is 0 Å². The lowest BCUT2D eigenvalue weighted by Gasteiger charge is -2.31. The Morgan fingerprint density at radius 2 is 1.55 bits per heavy atom. The monoisotopic (exact) mass is 293 g/mol.